The first-order valence-corrected chi connectivity index (χ1v) is 17.4. The summed E-state index contributed by atoms with van der Waals surface area (Å²) in [7, 11) is 0. The van der Waals surface area contributed by atoms with Crippen LogP contribution >= 0.6 is 0 Å². The van der Waals surface area contributed by atoms with Gasteiger partial charge in [-0.3, -0.25) is 0 Å². The van der Waals surface area contributed by atoms with Crippen LogP contribution in [0.3, 0.4) is 0 Å². The molecular weight excluding hydrogens is 813 g/mol. The minimum absolute atomic E-state index is 0. The fourth-order valence-electron chi connectivity index (χ4n) is 6.92. The molecule has 1 radical (unpaired) electrons. The number of pyridine rings is 2. The van der Waals surface area contributed by atoms with Gasteiger partial charge < -0.3 is 14.4 Å². The summed E-state index contributed by atoms with van der Waals surface area (Å²) in [5.74, 6) is -0.478. The number of nitrogens with zero attached hydrogens (tertiary/aromatic N) is 2. The van der Waals surface area contributed by atoms with Gasteiger partial charge in [0.05, 0.1) is 5.58 Å². The summed E-state index contributed by atoms with van der Waals surface area (Å²) in [5, 5.41) is 4.55. The van der Waals surface area contributed by atoms with Crippen molar-refractivity contribution in [2.24, 2.45) is 5.41 Å². The van der Waals surface area contributed by atoms with E-state index < -0.39 is 19.6 Å². The van der Waals surface area contributed by atoms with E-state index >= 15 is 0 Å². The van der Waals surface area contributed by atoms with Crippen LogP contribution in [0.4, 0.5) is 0 Å². The van der Waals surface area contributed by atoms with E-state index in [0.717, 1.165) is 75.6 Å². The van der Waals surface area contributed by atoms with Gasteiger partial charge in [0.1, 0.15) is 5.58 Å². The molecule has 3 aromatic heterocycles. The van der Waals surface area contributed by atoms with E-state index in [1.807, 2.05) is 18.3 Å². The van der Waals surface area contributed by atoms with Gasteiger partial charge in [0, 0.05) is 47.5 Å². The largest absolute Gasteiger partial charge is 0.501 e. The fourth-order valence-corrected chi connectivity index (χ4v) is 6.92. The zero-order chi connectivity index (χ0) is 40.9. The van der Waals surface area contributed by atoms with Crippen LogP contribution in [-0.4, -0.2) is 9.97 Å². The maximum absolute atomic E-state index is 9.10. The van der Waals surface area contributed by atoms with Crippen LogP contribution in [-0.2, 0) is 20.1 Å². The predicted molar refractivity (Wildman–Crippen MR) is 212 cm³/mol. The van der Waals surface area contributed by atoms with Gasteiger partial charge in [0.15, 0.2) is 0 Å². The summed E-state index contributed by atoms with van der Waals surface area (Å²) in [6.45, 7) is 0.304. The van der Waals surface area contributed by atoms with Crippen molar-refractivity contribution in [3.63, 3.8) is 0 Å². The first-order chi connectivity index (χ1) is 27.6. The van der Waals surface area contributed by atoms with Gasteiger partial charge in [0.2, 0.25) is 0 Å². The molecule has 1 fully saturated rings. The van der Waals surface area contributed by atoms with E-state index in [-0.39, 0.29) is 31.2 Å². The van der Waals surface area contributed by atoms with Gasteiger partial charge in [-0.25, -0.2) is 0 Å². The van der Waals surface area contributed by atoms with Gasteiger partial charge in [0.25, 0.3) is 0 Å². The molecule has 9 rings (SSSR count). The Labute approximate surface area is 330 Å². The molecule has 5 aromatic carbocycles. The predicted octanol–water partition coefficient (Wildman–Crippen LogP) is 13.1. The summed E-state index contributed by atoms with van der Waals surface area (Å²) < 4.78 is 59.2. The molecule has 0 amide bonds. The molecular formula is C48H42IrN2O-2. The zero-order valence-electron chi connectivity index (χ0n) is 36.1. The van der Waals surface area contributed by atoms with Crippen molar-refractivity contribution in [3.05, 3.63) is 156 Å². The second kappa shape index (κ2) is 15.0. The third-order valence-electron chi connectivity index (χ3n) is 10.0. The molecule has 1 aliphatic rings. The molecule has 3 heterocycles. The van der Waals surface area contributed by atoms with Gasteiger partial charge in [-0.2, -0.15) is 0 Å². The standard InChI is InChI=1S/C35H30NO.C13H12N.Ir/c1-35(2)17-14-25(15-18-35)23-10-12-24(13-11-23)28-16-19-36-32(21-28)30-9-5-8-29-31-20-26-6-3-4-7-27(26)22-33(31)37-34(29)30;1-10-3-6-12(7-4-10)13-8-5-11(2)9-14-13;/h3-8,10-13,16,19-22,25H,14-15,17-18H2,1-2H3;3-6,8-9H,1-2H3;/q2*-1;/i25D;1D3,2D3;. The number of hydrogen-bond donors (Lipinski definition) is 0. The molecule has 0 N–H and O–H groups in total. The average Bonchev–Trinajstić information content (AvgIpc) is 3.58. The molecule has 0 atom stereocenters. The molecule has 0 spiro atoms. The molecule has 4 heteroatoms. The molecule has 3 nitrogen and oxygen atoms in total. The normalized spacial score (nSPS) is 17.2. The Morgan fingerprint density at radius 2 is 1.52 bits per heavy atom. The summed E-state index contributed by atoms with van der Waals surface area (Å²) in [5.41, 5.74) is 8.65. The second-order valence-electron chi connectivity index (χ2n) is 14.1. The van der Waals surface area contributed by atoms with Crippen LogP contribution in [0.5, 0.6) is 0 Å². The van der Waals surface area contributed by atoms with Gasteiger partial charge in [-0.1, -0.05) is 98.4 Å². The third-order valence-corrected chi connectivity index (χ3v) is 10.0. The first kappa shape index (κ1) is 27.7. The van der Waals surface area contributed by atoms with E-state index in [4.69, 9.17) is 19.0 Å². The zero-order valence-corrected chi connectivity index (χ0v) is 31.5. The first-order valence-electron chi connectivity index (χ1n) is 20.9. The van der Waals surface area contributed by atoms with Crippen LogP contribution in [0, 0.1) is 31.3 Å². The van der Waals surface area contributed by atoms with Crippen LogP contribution < -0.4 is 0 Å². The summed E-state index contributed by atoms with van der Waals surface area (Å²) >= 11 is 0. The quantitative estimate of drug-likeness (QED) is 0.166. The van der Waals surface area contributed by atoms with Gasteiger partial charge >= 0.3 is 0 Å². The minimum atomic E-state index is -2.18. The molecule has 1 aliphatic carbocycles. The molecule has 8 aromatic rings. The molecule has 0 aliphatic heterocycles. The summed E-state index contributed by atoms with van der Waals surface area (Å²) in [4.78, 5) is 8.78. The Bertz CT molecular complexity index is 2670. The van der Waals surface area contributed by atoms with Crippen molar-refractivity contribution in [2.45, 2.75) is 59.1 Å². The van der Waals surface area contributed by atoms with Crippen molar-refractivity contribution in [3.8, 4) is 33.6 Å². The van der Waals surface area contributed by atoms with E-state index in [9.17, 15) is 0 Å². The maximum Gasteiger partial charge on any atom is 0.121 e. The number of fused-ring (bicyclic) bond motifs is 4. The molecule has 0 saturated heterocycles. The SMILES string of the molecule is [2H]C([2H])([2H])c1c[c-]c(-c2ccc(C([2H])([2H])[2H])cn2)cc1.[2H]C1(c2ccc(-c3ccnc(-c4[c-]ccc5c4oc4cc6ccccc6cc45)c3)cc2)CCC(C)(C)CC1.[Ir]. The van der Waals surface area contributed by atoms with Crippen LogP contribution in [0.25, 0.3) is 66.4 Å². The number of furan rings is 1. The number of aryl methyl sites for hydroxylation is 2. The van der Waals surface area contributed by atoms with Crippen LogP contribution in [0.2, 0.25) is 0 Å². The Hall–Kier alpha value is -4.89. The Morgan fingerprint density at radius 3 is 2.23 bits per heavy atom. The van der Waals surface area contributed by atoms with Crippen molar-refractivity contribution in [1.29, 1.82) is 0 Å². The molecule has 1 saturated carbocycles. The van der Waals surface area contributed by atoms with Crippen molar-refractivity contribution >= 4 is 32.7 Å². The Morgan fingerprint density at radius 1 is 0.750 bits per heavy atom. The smallest absolute Gasteiger partial charge is 0.121 e. The monoisotopic (exact) mass is 862 g/mol. The third kappa shape index (κ3) is 7.51. The Balaban J connectivity index is 0.000000214. The molecule has 52 heavy (non-hydrogen) atoms. The van der Waals surface area contributed by atoms with Crippen molar-refractivity contribution in [1.82, 2.24) is 9.97 Å². The molecule has 0 bridgehead atoms. The van der Waals surface area contributed by atoms with Gasteiger partial charge in [-0.15, -0.1) is 53.6 Å². The van der Waals surface area contributed by atoms with Gasteiger partial charge in [-0.05, 0) is 106 Å². The minimum Gasteiger partial charge on any atom is -0.501 e. The number of benzene rings is 5. The van der Waals surface area contributed by atoms with Crippen molar-refractivity contribution in [2.75, 3.05) is 0 Å². The van der Waals surface area contributed by atoms with Crippen molar-refractivity contribution < 1.29 is 34.1 Å². The molecule has 261 valence electrons. The number of hydrogen-bond acceptors (Lipinski definition) is 3. The number of rotatable bonds is 4. The van der Waals surface area contributed by atoms with E-state index in [1.54, 1.807) is 12.1 Å². The maximum atomic E-state index is 9.10. The van der Waals surface area contributed by atoms with E-state index in [0.29, 0.717) is 16.7 Å². The second-order valence-corrected chi connectivity index (χ2v) is 14.1. The Kier molecular flexibility index (Phi) is 7.99. The fraction of sp³-hybridized carbons (Fsp3) is 0.208. The van der Waals surface area contributed by atoms with Crippen LogP contribution in [0.15, 0.2) is 132 Å². The summed E-state index contributed by atoms with van der Waals surface area (Å²) in [6.07, 6.45) is 7.21. The van der Waals surface area contributed by atoms with E-state index in [1.165, 1.54) is 35.2 Å². The number of aromatic nitrogens is 2. The molecule has 0 unspecified atom stereocenters. The van der Waals surface area contributed by atoms with Crippen LogP contribution in [0.1, 0.15) is 71.7 Å². The summed E-state index contributed by atoms with van der Waals surface area (Å²) in [6, 6.07) is 43.3. The topological polar surface area (TPSA) is 38.9 Å². The van der Waals surface area contributed by atoms with E-state index in [2.05, 4.69) is 104 Å². The average molecular weight is 862 g/mol.